The molecule has 5 heteroatoms. The van der Waals surface area contributed by atoms with Gasteiger partial charge in [-0.05, 0) is 173 Å². The van der Waals surface area contributed by atoms with Crippen molar-refractivity contribution in [2.75, 3.05) is 4.90 Å². The van der Waals surface area contributed by atoms with Gasteiger partial charge in [-0.3, -0.25) is 0 Å². The van der Waals surface area contributed by atoms with Crippen molar-refractivity contribution >= 4 is 72.8 Å². The molecule has 65 heavy (non-hydrogen) atoms. The Hall–Kier alpha value is -4.16. The minimum atomic E-state index is 0.0463. The van der Waals surface area contributed by atoms with Crippen molar-refractivity contribution < 1.29 is 0 Å². The van der Waals surface area contributed by atoms with Crippen LogP contribution in [0.2, 0.25) is 0 Å². The van der Waals surface area contributed by atoms with E-state index in [1.54, 1.807) is 51.9 Å². The Labute approximate surface area is 401 Å². The van der Waals surface area contributed by atoms with Gasteiger partial charge in [0.05, 0.1) is 11.4 Å². The molecule has 4 aromatic carbocycles. The van der Waals surface area contributed by atoms with Gasteiger partial charge in [-0.15, -0.1) is 11.3 Å². The summed E-state index contributed by atoms with van der Waals surface area (Å²) in [6, 6.07) is 34.7. The van der Waals surface area contributed by atoms with Crippen molar-refractivity contribution in [3.05, 3.63) is 128 Å². The predicted molar refractivity (Wildman–Crippen MR) is 287 cm³/mol. The van der Waals surface area contributed by atoms with Gasteiger partial charge in [0.1, 0.15) is 0 Å². The lowest BCUT2D eigenvalue weighted by atomic mass is 9.42. The van der Waals surface area contributed by atoms with E-state index in [9.17, 15) is 0 Å². The lowest BCUT2D eigenvalue weighted by Gasteiger charge is -2.45. The zero-order valence-corrected chi connectivity index (χ0v) is 43.2. The molecule has 0 N–H and O–H groups in total. The molecule has 0 atom stereocenters. The maximum Gasteiger partial charge on any atom is 0.273 e. The zero-order chi connectivity index (χ0) is 45.4. The molecule has 0 saturated carbocycles. The quantitative estimate of drug-likeness (QED) is 0.159. The van der Waals surface area contributed by atoms with E-state index in [4.69, 9.17) is 0 Å². The topological polar surface area (TPSA) is 3.24 Å². The van der Waals surface area contributed by atoms with Crippen LogP contribution in [0.4, 0.5) is 17.1 Å². The largest absolute Gasteiger partial charge is 0.309 e. The first-order chi connectivity index (χ1) is 30.7. The lowest BCUT2D eigenvalue weighted by molar-refractivity contribution is 0.338. The van der Waals surface area contributed by atoms with E-state index in [-0.39, 0.29) is 39.2 Å². The fraction of sp³-hybridized carbons (Fsp3) is 0.400. The molecule has 330 valence electrons. The average Bonchev–Trinajstić information content (AvgIpc) is 4.07. The molecule has 0 fully saturated rings. The number of rotatable bonds is 4. The maximum absolute atomic E-state index is 2.89. The Morgan fingerprint density at radius 1 is 0.431 bits per heavy atom. The third-order valence-electron chi connectivity index (χ3n) is 17.0. The van der Waals surface area contributed by atoms with E-state index in [1.165, 1.54) is 94.5 Å². The Bertz CT molecular complexity index is 3050. The highest BCUT2D eigenvalue weighted by Crippen LogP contribution is 2.61. The number of benzene rings is 4. The normalized spacial score (nSPS) is 20.6. The lowest BCUT2D eigenvalue weighted by Crippen LogP contribution is -2.53. The molecule has 0 bridgehead atoms. The highest BCUT2D eigenvalue weighted by molar-refractivity contribution is 7.37. The molecule has 2 aliphatic heterocycles. The molecule has 0 spiro atoms. The van der Waals surface area contributed by atoms with Gasteiger partial charge in [-0.1, -0.05) is 144 Å². The summed E-state index contributed by atoms with van der Waals surface area (Å²) in [5.41, 5.74) is 22.0. The summed E-state index contributed by atoms with van der Waals surface area (Å²) in [5.74, 6) is 0. The third-order valence-corrected chi connectivity index (χ3v) is 21.6. The van der Waals surface area contributed by atoms with Crippen LogP contribution < -0.4 is 19.9 Å². The van der Waals surface area contributed by atoms with Crippen molar-refractivity contribution in [2.45, 2.75) is 154 Å². The summed E-state index contributed by atoms with van der Waals surface area (Å²) in [7, 11) is 0. The fourth-order valence-corrected chi connectivity index (χ4v) is 17.8. The van der Waals surface area contributed by atoms with Crippen LogP contribution in [0.25, 0.3) is 44.5 Å². The summed E-state index contributed by atoms with van der Waals surface area (Å²) >= 11 is 6.41. The van der Waals surface area contributed by atoms with Crippen LogP contribution in [0.5, 0.6) is 0 Å². The highest BCUT2D eigenvalue weighted by Gasteiger charge is 2.55. The molecule has 3 aromatic heterocycles. The van der Waals surface area contributed by atoms with Gasteiger partial charge >= 0.3 is 0 Å². The Morgan fingerprint density at radius 2 is 0.877 bits per heavy atom. The SMILES string of the molecule is CC1(C)CCC(C)(C)c2c(N3c4cc(-c5cc(-c6ccccc6)cc(-c6ccccc6)c5)cc5c4B(c4sc6c(c4-5)C(C)(C)CCC6(C)C)c4sc5c(c43)C(C)(C)CCC5(C)C)csc21. The van der Waals surface area contributed by atoms with E-state index >= 15 is 0 Å². The van der Waals surface area contributed by atoms with Gasteiger partial charge in [-0.25, -0.2) is 0 Å². The molecule has 3 aliphatic carbocycles. The van der Waals surface area contributed by atoms with Gasteiger partial charge in [0.25, 0.3) is 6.71 Å². The molecule has 0 amide bonds. The molecule has 0 radical (unpaired) electrons. The van der Waals surface area contributed by atoms with Crippen molar-refractivity contribution in [2.24, 2.45) is 0 Å². The molecule has 0 saturated heterocycles. The monoisotopic (exact) mass is 905 g/mol. The van der Waals surface area contributed by atoms with Crippen LogP contribution in [-0.4, -0.2) is 6.71 Å². The van der Waals surface area contributed by atoms with Crippen LogP contribution in [0.15, 0.2) is 96.4 Å². The molecular formula is C60H64BNS3. The first kappa shape index (κ1) is 42.2. The molecule has 0 unspecified atom stereocenters. The standard InChI is InChI=1S/C60H64BNS3/c1-55(2)23-26-58(7,8)50-45(55)43(34-63-50)62-42-33-40(39-30-37(35-19-15-13-16-20-35)29-38(31-39)36-21-17-14-18-22-36)32-41-44-46-51(59(9,10)27-24-56(46,3)4)64-53(44)61(48(41)42)54-49(62)47-52(65-54)60(11,12)28-25-57(47,5)6/h13-22,29-34H,23-28H2,1-12H3. The number of hydrogen-bond donors (Lipinski definition) is 0. The van der Waals surface area contributed by atoms with Gasteiger partial charge < -0.3 is 4.90 Å². The van der Waals surface area contributed by atoms with E-state index in [1.807, 2.05) is 11.3 Å². The summed E-state index contributed by atoms with van der Waals surface area (Å²) in [5, 5.41) is 2.59. The summed E-state index contributed by atoms with van der Waals surface area (Å²) < 4.78 is 3.20. The summed E-state index contributed by atoms with van der Waals surface area (Å²) in [4.78, 5) is 7.74. The van der Waals surface area contributed by atoms with E-state index in [0.717, 1.165) is 0 Å². The van der Waals surface area contributed by atoms with Gasteiger partial charge in [-0.2, -0.15) is 22.7 Å². The fourth-order valence-electron chi connectivity index (χ4n) is 12.9. The first-order valence-electron chi connectivity index (χ1n) is 24.4. The maximum atomic E-state index is 2.89. The number of thiophene rings is 3. The van der Waals surface area contributed by atoms with Crippen LogP contribution in [0, 0.1) is 0 Å². The highest BCUT2D eigenvalue weighted by atomic mass is 32.1. The van der Waals surface area contributed by atoms with Gasteiger partial charge in [0.15, 0.2) is 0 Å². The van der Waals surface area contributed by atoms with Crippen molar-refractivity contribution in [3.8, 4) is 44.5 Å². The smallest absolute Gasteiger partial charge is 0.273 e. The Morgan fingerprint density at radius 3 is 1.45 bits per heavy atom. The Balaban J connectivity index is 1.23. The number of fused-ring (bicyclic) bond motifs is 10. The van der Waals surface area contributed by atoms with E-state index in [2.05, 4.69) is 207 Å². The Kier molecular flexibility index (Phi) is 8.92. The van der Waals surface area contributed by atoms with E-state index < -0.39 is 0 Å². The first-order valence-corrected chi connectivity index (χ1v) is 26.9. The van der Waals surface area contributed by atoms with Crippen LogP contribution in [0.1, 0.15) is 153 Å². The predicted octanol–water partition coefficient (Wildman–Crippen LogP) is 16.2. The average molecular weight is 906 g/mol. The molecule has 7 aromatic rings. The molecule has 1 nitrogen and oxygen atoms in total. The molecular weight excluding hydrogens is 842 g/mol. The number of hydrogen-bond acceptors (Lipinski definition) is 4. The molecule has 5 heterocycles. The third kappa shape index (κ3) is 6.06. The second-order valence-corrected chi connectivity index (χ2v) is 27.4. The minimum absolute atomic E-state index is 0.0463. The summed E-state index contributed by atoms with van der Waals surface area (Å²) in [6.07, 6.45) is 7.27. The number of nitrogens with zero attached hydrogens (tertiary/aromatic N) is 1. The molecule has 12 rings (SSSR count). The van der Waals surface area contributed by atoms with Crippen molar-refractivity contribution in [3.63, 3.8) is 0 Å². The van der Waals surface area contributed by atoms with Crippen LogP contribution in [0.3, 0.4) is 0 Å². The molecule has 5 aliphatic rings. The van der Waals surface area contributed by atoms with E-state index in [0.29, 0.717) is 0 Å². The zero-order valence-electron chi connectivity index (χ0n) is 40.7. The summed E-state index contributed by atoms with van der Waals surface area (Å²) in [6.45, 7) is 30.7. The van der Waals surface area contributed by atoms with Gasteiger partial charge in [0.2, 0.25) is 0 Å². The second-order valence-electron chi connectivity index (χ2n) is 24.4. The van der Waals surface area contributed by atoms with Gasteiger partial charge in [0, 0.05) is 30.5 Å². The second kappa shape index (κ2) is 13.7. The van der Waals surface area contributed by atoms with Crippen molar-refractivity contribution in [1.82, 2.24) is 0 Å². The minimum Gasteiger partial charge on any atom is -0.309 e. The van der Waals surface area contributed by atoms with Crippen molar-refractivity contribution in [1.29, 1.82) is 0 Å². The number of anilines is 3. The van der Waals surface area contributed by atoms with Crippen LogP contribution >= 0.6 is 34.0 Å². The van der Waals surface area contributed by atoms with Crippen LogP contribution in [-0.2, 0) is 32.5 Å².